The molecule has 0 heterocycles. The molecule has 2 bridgehead atoms. The summed E-state index contributed by atoms with van der Waals surface area (Å²) < 4.78 is 0. The summed E-state index contributed by atoms with van der Waals surface area (Å²) >= 11 is 0. The van der Waals surface area contributed by atoms with Crippen molar-refractivity contribution in [1.29, 1.82) is 0 Å². The van der Waals surface area contributed by atoms with Crippen LogP contribution in [0.25, 0.3) is 0 Å². The Kier molecular flexibility index (Phi) is 2.37. The first-order valence-electron chi connectivity index (χ1n) is 7.04. The van der Waals surface area contributed by atoms with Crippen LogP contribution >= 0.6 is 0 Å². The van der Waals surface area contributed by atoms with Crippen LogP contribution in [0, 0.1) is 23.7 Å². The molecule has 3 aliphatic rings. The van der Waals surface area contributed by atoms with Crippen molar-refractivity contribution in [2.75, 3.05) is 0 Å². The quantitative estimate of drug-likeness (QED) is 0.837. The molecule has 0 amide bonds. The first kappa shape index (κ1) is 11.0. The predicted molar refractivity (Wildman–Crippen MR) is 74.1 cm³/mol. The maximum absolute atomic E-state index is 12.1. The number of nitrogens with one attached hydrogen (secondary N) is 1. The molecule has 3 aliphatic carbocycles. The van der Waals surface area contributed by atoms with E-state index in [0.717, 1.165) is 12.2 Å². The number of carbonyl (C=O) groups is 1. The molecule has 1 fully saturated rings. The topological polar surface area (TPSA) is 29.1 Å². The van der Waals surface area contributed by atoms with Gasteiger partial charge in [-0.1, -0.05) is 42.5 Å². The van der Waals surface area contributed by atoms with Gasteiger partial charge in [-0.15, -0.1) is 0 Å². The van der Waals surface area contributed by atoms with Gasteiger partial charge in [0.15, 0.2) is 5.78 Å². The smallest absolute Gasteiger partial charge is 0.161 e. The summed E-state index contributed by atoms with van der Waals surface area (Å²) in [6, 6.07) is 10.4. The van der Waals surface area contributed by atoms with E-state index in [2.05, 4.69) is 29.6 Å². The van der Waals surface area contributed by atoms with E-state index in [9.17, 15) is 4.79 Å². The minimum absolute atomic E-state index is 0.230. The highest BCUT2D eigenvalue weighted by atomic mass is 16.1. The van der Waals surface area contributed by atoms with Gasteiger partial charge in [0.1, 0.15) is 0 Å². The Hall–Kier alpha value is -1.83. The second kappa shape index (κ2) is 4.09. The van der Waals surface area contributed by atoms with E-state index in [1.807, 2.05) is 24.3 Å². The Labute approximate surface area is 113 Å². The van der Waals surface area contributed by atoms with E-state index in [-0.39, 0.29) is 5.92 Å². The van der Waals surface area contributed by atoms with Crippen LogP contribution in [0.15, 0.2) is 54.3 Å². The summed E-state index contributed by atoms with van der Waals surface area (Å²) in [7, 11) is 0. The maximum atomic E-state index is 12.1. The van der Waals surface area contributed by atoms with Crippen molar-refractivity contribution in [3.8, 4) is 0 Å². The van der Waals surface area contributed by atoms with Crippen LogP contribution < -0.4 is 5.32 Å². The first-order valence-corrected chi connectivity index (χ1v) is 7.04. The second-order valence-electron chi connectivity index (χ2n) is 5.84. The van der Waals surface area contributed by atoms with Crippen molar-refractivity contribution < 1.29 is 4.79 Å². The molecule has 1 N–H and O–H groups in total. The molecule has 1 aromatic carbocycles. The Morgan fingerprint density at radius 3 is 2.58 bits per heavy atom. The lowest BCUT2D eigenvalue weighted by Crippen LogP contribution is -2.26. The zero-order valence-corrected chi connectivity index (χ0v) is 10.8. The molecule has 0 aromatic heterocycles. The van der Waals surface area contributed by atoms with Crippen molar-refractivity contribution >= 4 is 5.78 Å². The van der Waals surface area contributed by atoms with E-state index < -0.39 is 0 Å². The molecule has 4 rings (SSSR count). The zero-order valence-electron chi connectivity index (χ0n) is 10.8. The summed E-state index contributed by atoms with van der Waals surface area (Å²) in [5.41, 5.74) is 2.42. The molecule has 0 radical (unpaired) electrons. The lowest BCUT2D eigenvalue weighted by Gasteiger charge is -2.23. The Morgan fingerprint density at radius 2 is 1.79 bits per heavy atom. The number of ketones is 1. The van der Waals surface area contributed by atoms with Gasteiger partial charge in [-0.25, -0.2) is 0 Å². The molecular weight excluding hydrogens is 234 g/mol. The van der Waals surface area contributed by atoms with E-state index in [0.29, 0.717) is 23.5 Å². The van der Waals surface area contributed by atoms with Crippen LogP contribution in [0.1, 0.15) is 12.0 Å². The SMILES string of the molecule is O=C1C=C(NCc2ccccc2)C2C3C=CC(C3)C12. The fraction of sp³-hybridized carbons (Fsp3) is 0.353. The molecule has 1 aromatic rings. The number of hydrogen-bond donors (Lipinski definition) is 1. The third kappa shape index (κ3) is 1.66. The van der Waals surface area contributed by atoms with Gasteiger partial charge in [-0.3, -0.25) is 4.79 Å². The highest BCUT2D eigenvalue weighted by Crippen LogP contribution is 2.53. The number of rotatable bonds is 3. The van der Waals surface area contributed by atoms with Crippen LogP contribution in [0.3, 0.4) is 0 Å². The average Bonchev–Trinajstić information content (AvgIpc) is 3.11. The normalized spacial score (nSPS) is 34.5. The van der Waals surface area contributed by atoms with Gasteiger partial charge in [0.05, 0.1) is 0 Å². The Bertz CT molecular complexity index is 572. The number of carbonyl (C=O) groups excluding carboxylic acids is 1. The summed E-state index contributed by atoms with van der Waals surface area (Å²) in [5, 5.41) is 3.49. The minimum atomic E-state index is 0.230. The van der Waals surface area contributed by atoms with Crippen molar-refractivity contribution in [3.05, 3.63) is 59.8 Å². The van der Waals surface area contributed by atoms with Gasteiger partial charge in [-0.05, 0) is 23.8 Å². The lowest BCUT2D eigenvalue weighted by molar-refractivity contribution is -0.118. The van der Waals surface area contributed by atoms with Crippen LogP contribution in [0.2, 0.25) is 0 Å². The molecular formula is C17H17NO. The van der Waals surface area contributed by atoms with Gasteiger partial charge in [-0.2, -0.15) is 0 Å². The Balaban J connectivity index is 1.52. The fourth-order valence-corrected chi connectivity index (χ4v) is 3.95. The highest BCUT2D eigenvalue weighted by Gasteiger charge is 2.52. The lowest BCUT2D eigenvalue weighted by atomic mass is 9.84. The van der Waals surface area contributed by atoms with Crippen LogP contribution in [-0.2, 0) is 11.3 Å². The maximum Gasteiger partial charge on any atom is 0.161 e. The third-order valence-electron chi connectivity index (χ3n) is 4.78. The van der Waals surface area contributed by atoms with E-state index in [4.69, 9.17) is 0 Å². The van der Waals surface area contributed by atoms with Crippen LogP contribution in [0.4, 0.5) is 0 Å². The van der Waals surface area contributed by atoms with E-state index in [1.165, 1.54) is 12.0 Å². The molecule has 2 heteroatoms. The van der Waals surface area contributed by atoms with Gasteiger partial charge >= 0.3 is 0 Å². The van der Waals surface area contributed by atoms with Crippen molar-refractivity contribution in [2.24, 2.45) is 23.7 Å². The number of fused-ring (bicyclic) bond motifs is 5. The van der Waals surface area contributed by atoms with Crippen LogP contribution in [-0.4, -0.2) is 5.78 Å². The molecule has 1 saturated carbocycles. The summed E-state index contributed by atoms with van der Waals surface area (Å²) in [4.78, 5) is 12.1. The largest absolute Gasteiger partial charge is 0.384 e. The second-order valence-corrected chi connectivity index (χ2v) is 5.84. The van der Waals surface area contributed by atoms with Crippen LogP contribution in [0.5, 0.6) is 0 Å². The van der Waals surface area contributed by atoms with Crippen molar-refractivity contribution in [2.45, 2.75) is 13.0 Å². The molecule has 0 saturated heterocycles. The monoisotopic (exact) mass is 251 g/mol. The third-order valence-corrected chi connectivity index (χ3v) is 4.78. The molecule has 0 aliphatic heterocycles. The number of hydrogen-bond acceptors (Lipinski definition) is 2. The number of benzene rings is 1. The van der Waals surface area contributed by atoms with Gasteiger partial charge in [0.2, 0.25) is 0 Å². The van der Waals surface area contributed by atoms with E-state index >= 15 is 0 Å². The molecule has 0 spiro atoms. The zero-order chi connectivity index (χ0) is 12.8. The average molecular weight is 251 g/mol. The highest BCUT2D eigenvalue weighted by molar-refractivity contribution is 5.96. The predicted octanol–water partition coefficient (Wildman–Crippen LogP) is 2.68. The molecule has 4 atom stereocenters. The minimum Gasteiger partial charge on any atom is -0.384 e. The van der Waals surface area contributed by atoms with E-state index in [1.54, 1.807) is 0 Å². The van der Waals surface area contributed by atoms with Crippen molar-refractivity contribution in [1.82, 2.24) is 5.32 Å². The summed E-state index contributed by atoms with van der Waals surface area (Å²) in [6.07, 6.45) is 7.58. The molecule has 4 unspecified atom stereocenters. The number of allylic oxidation sites excluding steroid dienone is 4. The van der Waals surface area contributed by atoms with Crippen molar-refractivity contribution in [3.63, 3.8) is 0 Å². The molecule has 96 valence electrons. The van der Waals surface area contributed by atoms with Gasteiger partial charge in [0, 0.05) is 30.2 Å². The van der Waals surface area contributed by atoms with Gasteiger partial charge < -0.3 is 5.32 Å². The molecule has 2 nitrogen and oxygen atoms in total. The fourth-order valence-electron chi connectivity index (χ4n) is 3.95. The van der Waals surface area contributed by atoms with Gasteiger partial charge in [0.25, 0.3) is 0 Å². The first-order chi connectivity index (χ1) is 9.33. The Morgan fingerprint density at radius 1 is 1.05 bits per heavy atom. The summed E-state index contributed by atoms with van der Waals surface area (Å²) in [5.74, 6) is 2.06. The standard InChI is InChI=1S/C17H17NO/c19-15-9-14(18-10-11-4-2-1-3-5-11)16-12-6-7-13(8-12)17(15)16/h1-7,9,12-13,16-18H,8,10H2. The molecule has 19 heavy (non-hydrogen) atoms. The summed E-state index contributed by atoms with van der Waals surface area (Å²) in [6.45, 7) is 0.810.